The van der Waals surface area contributed by atoms with Gasteiger partial charge in [0.05, 0.1) is 0 Å². The van der Waals surface area contributed by atoms with Crippen molar-refractivity contribution in [2.45, 2.75) is 123 Å². The van der Waals surface area contributed by atoms with Gasteiger partial charge in [0.15, 0.2) is 0 Å². The Balaban J connectivity index is 0. The van der Waals surface area contributed by atoms with E-state index < -0.39 is 0 Å². The first kappa shape index (κ1) is 29.6. The Hall–Kier alpha value is -0.570. The van der Waals surface area contributed by atoms with Crippen molar-refractivity contribution in [3.05, 3.63) is 35.4 Å². The van der Waals surface area contributed by atoms with Gasteiger partial charge in [0.25, 0.3) is 0 Å². The van der Waals surface area contributed by atoms with Crippen LogP contribution in [-0.4, -0.2) is 0 Å². The Bertz CT molecular complexity index is 454. The average Bonchev–Trinajstić information content (AvgIpc) is 2.61. The first-order valence-corrected chi connectivity index (χ1v) is 11.4. The van der Waals surface area contributed by atoms with E-state index >= 15 is 0 Å². The third-order valence-electron chi connectivity index (χ3n) is 5.51. The molecule has 0 bridgehead atoms. The monoisotopic (exact) mass is 412 g/mol. The van der Waals surface area contributed by atoms with Gasteiger partial charge in [-0.1, -0.05) is 115 Å². The smallest absolute Gasteiger partial charge is 0.0355 e. The molecule has 1 rings (SSSR count). The molecule has 0 aliphatic rings. The van der Waals surface area contributed by atoms with Crippen LogP contribution < -0.4 is 11.9 Å². The van der Waals surface area contributed by atoms with Gasteiger partial charge in [-0.2, -0.15) is 0 Å². The molecule has 0 aliphatic heterocycles. The Labute approximate surface area is 182 Å². The molecular formula is C25H49ClN2. The van der Waals surface area contributed by atoms with Crippen molar-refractivity contribution in [3.8, 4) is 0 Å². The summed E-state index contributed by atoms with van der Waals surface area (Å²) < 4.78 is 0. The van der Waals surface area contributed by atoms with Gasteiger partial charge < -0.3 is 11.9 Å². The summed E-state index contributed by atoms with van der Waals surface area (Å²) in [6.45, 7) is 6.51. The molecule has 1 aromatic carbocycles. The molecule has 3 heteroatoms. The molecule has 0 aromatic heterocycles. The van der Waals surface area contributed by atoms with Gasteiger partial charge in [0, 0.05) is 5.54 Å². The summed E-state index contributed by atoms with van der Waals surface area (Å²) in [4.78, 5) is 0. The van der Waals surface area contributed by atoms with Crippen molar-refractivity contribution in [2.75, 3.05) is 0 Å². The molecule has 28 heavy (non-hydrogen) atoms. The molecule has 0 saturated carbocycles. The van der Waals surface area contributed by atoms with E-state index in [1.165, 1.54) is 107 Å². The zero-order chi connectivity index (χ0) is 19.1. The van der Waals surface area contributed by atoms with Crippen LogP contribution in [0.5, 0.6) is 0 Å². The quantitative estimate of drug-likeness (QED) is 0.267. The maximum atomic E-state index is 6.31. The van der Waals surface area contributed by atoms with Gasteiger partial charge in [-0.05, 0) is 37.8 Å². The Morgan fingerprint density at radius 3 is 1.50 bits per heavy atom. The highest BCUT2D eigenvalue weighted by Crippen LogP contribution is 2.23. The summed E-state index contributed by atoms with van der Waals surface area (Å²) in [6.07, 6.45) is 21.0. The van der Waals surface area contributed by atoms with E-state index in [4.69, 9.17) is 5.73 Å². The molecule has 166 valence electrons. The van der Waals surface area contributed by atoms with Crippen LogP contribution in [0, 0.1) is 0 Å². The highest BCUT2D eigenvalue weighted by Gasteiger charge is 2.17. The van der Waals surface area contributed by atoms with Gasteiger partial charge >= 0.3 is 0 Å². The summed E-state index contributed by atoms with van der Waals surface area (Å²) in [6, 6.07) is 8.71. The largest absolute Gasteiger partial charge is 0.344 e. The van der Waals surface area contributed by atoms with Gasteiger partial charge in [0.2, 0.25) is 0 Å². The fraction of sp³-hybridized carbons (Fsp3) is 0.760. The third-order valence-corrected chi connectivity index (χ3v) is 5.51. The van der Waals surface area contributed by atoms with E-state index in [1.807, 2.05) is 0 Å². The molecule has 0 heterocycles. The van der Waals surface area contributed by atoms with Crippen LogP contribution in [0.1, 0.15) is 122 Å². The van der Waals surface area contributed by atoms with Crippen molar-refractivity contribution in [1.29, 1.82) is 0 Å². The summed E-state index contributed by atoms with van der Waals surface area (Å²) in [5, 5.41) is 0. The predicted octanol–water partition coefficient (Wildman–Crippen LogP) is 8.49. The van der Waals surface area contributed by atoms with Crippen LogP contribution in [0.3, 0.4) is 0 Å². The Kier molecular flexibility index (Phi) is 19.5. The molecule has 2 nitrogen and oxygen atoms in total. The van der Waals surface area contributed by atoms with Gasteiger partial charge in [-0.25, -0.2) is 0 Å². The minimum absolute atomic E-state index is 0. The lowest BCUT2D eigenvalue weighted by Crippen LogP contribution is -2.30. The molecule has 0 atom stereocenters. The standard InChI is InChI=1S/C25H45N.ClH.H3N/c1-4-5-6-7-8-9-10-11-12-13-14-15-16-17-20-23-21-18-19-22-24(23)25(2,3)26;;/h18-19,21-22H,4-17,20,26H2,1-3H3;1H;1H3. The minimum atomic E-state index is -0.230. The van der Waals surface area contributed by atoms with E-state index in [-0.39, 0.29) is 24.1 Å². The van der Waals surface area contributed by atoms with Crippen LogP contribution in [0.15, 0.2) is 24.3 Å². The van der Waals surface area contributed by atoms with Crippen molar-refractivity contribution in [3.63, 3.8) is 0 Å². The van der Waals surface area contributed by atoms with E-state index in [0.29, 0.717) is 0 Å². The lowest BCUT2D eigenvalue weighted by atomic mass is 9.89. The molecule has 0 saturated heterocycles. The maximum absolute atomic E-state index is 6.31. The number of halogens is 1. The van der Waals surface area contributed by atoms with Crippen LogP contribution in [0.4, 0.5) is 0 Å². The van der Waals surface area contributed by atoms with E-state index in [1.54, 1.807) is 0 Å². The Morgan fingerprint density at radius 1 is 0.679 bits per heavy atom. The summed E-state index contributed by atoms with van der Waals surface area (Å²) in [7, 11) is 0. The fourth-order valence-electron chi connectivity index (χ4n) is 3.88. The number of hydrogen-bond donors (Lipinski definition) is 2. The molecule has 0 aliphatic carbocycles. The first-order valence-electron chi connectivity index (χ1n) is 11.4. The minimum Gasteiger partial charge on any atom is -0.344 e. The molecule has 0 spiro atoms. The molecule has 0 amide bonds. The highest BCUT2D eigenvalue weighted by atomic mass is 35.5. The molecule has 0 unspecified atom stereocenters. The second-order valence-corrected chi connectivity index (χ2v) is 8.73. The zero-order valence-electron chi connectivity index (χ0n) is 19.1. The molecule has 1 aromatic rings. The van der Waals surface area contributed by atoms with E-state index in [0.717, 1.165) is 0 Å². The van der Waals surface area contributed by atoms with E-state index in [2.05, 4.69) is 45.0 Å². The number of hydrogen-bond acceptors (Lipinski definition) is 2. The summed E-state index contributed by atoms with van der Waals surface area (Å²) in [5.74, 6) is 0. The third kappa shape index (κ3) is 14.4. The fourth-order valence-corrected chi connectivity index (χ4v) is 3.88. The number of aryl methyl sites for hydroxylation is 1. The van der Waals surface area contributed by atoms with E-state index in [9.17, 15) is 0 Å². The number of rotatable bonds is 16. The first-order chi connectivity index (χ1) is 12.6. The number of unbranched alkanes of at least 4 members (excludes halogenated alkanes) is 13. The second-order valence-electron chi connectivity index (χ2n) is 8.73. The summed E-state index contributed by atoms with van der Waals surface area (Å²) in [5.41, 5.74) is 8.84. The SMILES string of the molecule is CCCCCCCCCCCCCCCCc1ccccc1C(C)(C)N.Cl.N. The molecular weight excluding hydrogens is 364 g/mol. The highest BCUT2D eigenvalue weighted by molar-refractivity contribution is 5.85. The van der Waals surface area contributed by atoms with Crippen molar-refractivity contribution in [2.24, 2.45) is 5.73 Å². The Morgan fingerprint density at radius 2 is 1.07 bits per heavy atom. The van der Waals surface area contributed by atoms with Crippen LogP contribution in [0.25, 0.3) is 0 Å². The summed E-state index contributed by atoms with van der Waals surface area (Å²) >= 11 is 0. The van der Waals surface area contributed by atoms with Crippen LogP contribution >= 0.6 is 12.4 Å². The molecule has 0 fully saturated rings. The number of nitrogens with two attached hydrogens (primary N) is 1. The molecule has 5 N–H and O–H groups in total. The molecule has 0 radical (unpaired) electrons. The zero-order valence-corrected chi connectivity index (χ0v) is 19.9. The lowest BCUT2D eigenvalue weighted by Gasteiger charge is -2.23. The normalized spacial score (nSPS) is 11.0. The predicted molar refractivity (Wildman–Crippen MR) is 130 cm³/mol. The number of benzene rings is 1. The van der Waals surface area contributed by atoms with Crippen LogP contribution in [0.2, 0.25) is 0 Å². The van der Waals surface area contributed by atoms with Gasteiger partial charge in [-0.15, -0.1) is 12.4 Å². The maximum Gasteiger partial charge on any atom is 0.0355 e. The second kappa shape index (κ2) is 18.5. The topological polar surface area (TPSA) is 61.0 Å². The van der Waals surface area contributed by atoms with Crippen molar-refractivity contribution in [1.82, 2.24) is 6.15 Å². The van der Waals surface area contributed by atoms with Gasteiger partial charge in [0.1, 0.15) is 0 Å². The van der Waals surface area contributed by atoms with Crippen molar-refractivity contribution >= 4 is 12.4 Å². The van der Waals surface area contributed by atoms with Crippen LogP contribution in [-0.2, 0) is 12.0 Å². The lowest BCUT2D eigenvalue weighted by molar-refractivity contribution is 0.531. The van der Waals surface area contributed by atoms with Gasteiger partial charge in [-0.3, -0.25) is 0 Å². The average molecular weight is 413 g/mol. The van der Waals surface area contributed by atoms with Crippen molar-refractivity contribution < 1.29 is 0 Å².